The molecule has 5 heteroatoms. The predicted octanol–water partition coefficient (Wildman–Crippen LogP) is 3.75. The van der Waals surface area contributed by atoms with E-state index in [0.717, 1.165) is 13.0 Å². The molecule has 0 aromatic carbocycles. The van der Waals surface area contributed by atoms with Crippen LogP contribution in [0.5, 0.6) is 11.5 Å². The fourth-order valence-electron chi connectivity index (χ4n) is 3.54. The Kier molecular flexibility index (Phi) is 5.16. The van der Waals surface area contributed by atoms with Gasteiger partial charge in [-0.3, -0.25) is 9.67 Å². The second kappa shape index (κ2) is 7.49. The van der Waals surface area contributed by atoms with Crippen molar-refractivity contribution in [1.29, 1.82) is 0 Å². The van der Waals surface area contributed by atoms with Crippen LogP contribution in [0, 0.1) is 5.92 Å². The molecule has 0 spiro atoms. The summed E-state index contributed by atoms with van der Waals surface area (Å²) in [7, 11) is 0. The van der Waals surface area contributed by atoms with Crippen molar-refractivity contribution in [2.24, 2.45) is 5.92 Å². The number of pyridine rings is 1. The average Bonchev–Trinajstić information content (AvgIpc) is 3.02. The summed E-state index contributed by atoms with van der Waals surface area (Å²) in [6.07, 6.45) is 11.0. The Hall–Kier alpha value is -2.04. The number of hydrogen-bond acceptors (Lipinski definition) is 4. The van der Waals surface area contributed by atoms with Crippen molar-refractivity contribution >= 4 is 0 Å². The van der Waals surface area contributed by atoms with Crippen LogP contribution in [0.2, 0.25) is 0 Å². The minimum absolute atomic E-state index is 0.142. The number of rotatable bonds is 6. The molecule has 2 aromatic rings. The highest BCUT2D eigenvalue weighted by Gasteiger charge is 2.29. The van der Waals surface area contributed by atoms with Crippen LogP contribution in [-0.2, 0) is 6.54 Å². The van der Waals surface area contributed by atoms with E-state index >= 15 is 0 Å². The maximum Gasteiger partial charge on any atom is 0.141 e. The molecule has 1 aliphatic rings. The van der Waals surface area contributed by atoms with E-state index in [0.29, 0.717) is 24.2 Å². The molecule has 3 rings (SSSR count). The maximum atomic E-state index is 9.49. The van der Waals surface area contributed by atoms with Gasteiger partial charge in [0.15, 0.2) is 0 Å². The number of nitrogens with zero attached hydrogens (tertiary/aromatic N) is 3. The number of hydrogen-bond donors (Lipinski definition) is 1. The summed E-state index contributed by atoms with van der Waals surface area (Å²) in [6.45, 7) is 3.82. The van der Waals surface area contributed by atoms with Gasteiger partial charge in [0.2, 0.25) is 0 Å². The molecular formula is C18H25N3O2. The zero-order chi connectivity index (χ0) is 16.1. The van der Waals surface area contributed by atoms with Gasteiger partial charge in [0.25, 0.3) is 0 Å². The minimum atomic E-state index is 0.142. The summed E-state index contributed by atoms with van der Waals surface area (Å²) in [6, 6.07) is 3.78. The van der Waals surface area contributed by atoms with Crippen LogP contribution in [0.1, 0.15) is 50.6 Å². The van der Waals surface area contributed by atoms with E-state index in [4.69, 9.17) is 4.74 Å². The molecule has 23 heavy (non-hydrogen) atoms. The Balaban J connectivity index is 1.70. The average molecular weight is 315 g/mol. The number of aromatic nitrogens is 3. The molecule has 5 nitrogen and oxygen atoms in total. The molecule has 0 bridgehead atoms. The molecule has 2 atom stereocenters. The highest BCUT2D eigenvalue weighted by atomic mass is 16.5. The first kappa shape index (κ1) is 15.8. The van der Waals surface area contributed by atoms with Crippen LogP contribution in [0.4, 0.5) is 0 Å². The third kappa shape index (κ3) is 3.84. The number of aryl methyl sites for hydroxylation is 1. The Bertz CT molecular complexity index is 626. The lowest BCUT2D eigenvalue weighted by Crippen LogP contribution is -2.26. The third-order valence-electron chi connectivity index (χ3n) is 4.64. The second-order valence-electron chi connectivity index (χ2n) is 6.32. The van der Waals surface area contributed by atoms with Crippen LogP contribution < -0.4 is 4.74 Å². The van der Waals surface area contributed by atoms with Crippen molar-refractivity contribution in [2.75, 3.05) is 6.61 Å². The summed E-state index contributed by atoms with van der Waals surface area (Å²) in [5.41, 5.74) is 1.34. The Morgan fingerprint density at radius 1 is 1.30 bits per heavy atom. The van der Waals surface area contributed by atoms with Crippen LogP contribution in [0.25, 0.3) is 0 Å². The van der Waals surface area contributed by atoms with Crippen LogP contribution in [-0.4, -0.2) is 26.5 Å². The maximum absolute atomic E-state index is 9.49. The molecule has 0 radical (unpaired) electrons. The van der Waals surface area contributed by atoms with Crippen molar-refractivity contribution in [3.8, 4) is 11.5 Å². The lowest BCUT2D eigenvalue weighted by Gasteiger charge is -2.31. The summed E-state index contributed by atoms with van der Waals surface area (Å²) in [5, 5.41) is 14.0. The Labute approximate surface area is 137 Å². The summed E-state index contributed by atoms with van der Waals surface area (Å²) in [4.78, 5) is 3.97. The van der Waals surface area contributed by atoms with Crippen LogP contribution in [0.3, 0.4) is 0 Å². The first-order valence-corrected chi connectivity index (χ1v) is 8.56. The minimum Gasteiger partial charge on any atom is -0.506 e. The van der Waals surface area contributed by atoms with Gasteiger partial charge in [-0.2, -0.15) is 5.10 Å². The summed E-state index contributed by atoms with van der Waals surface area (Å²) >= 11 is 0. The van der Waals surface area contributed by atoms with Crippen molar-refractivity contribution < 1.29 is 9.84 Å². The molecule has 0 saturated heterocycles. The third-order valence-corrected chi connectivity index (χ3v) is 4.64. The largest absolute Gasteiger partial charge is 0.506 e. The van der Waals surface area contributed by atoms with Crippen LogP contribution in [0.15, 0.2) is 30.7 Å². The Morgan fingerprint density at radius 2 is 2.17 bits per heavy atom. The van der Waals surface area contributed by atoms with Gasteiger partial charge in [0.1, 0.15) is 11.5 Å². The standard InChI is InChI=1S/C18H25N3O2/c1-2-9-21-18(7-8-20-21)17-6-4-3-5-14(17)13-23-16-10-15(22)11-19-12-16/h7-8,10-12,14,17,22H,2-6,9,13H2,1H3. The van der Waals surface area contributed by atoms with Gasteiger partial charge in [-0.05, 0) is 25.3 Å². The fraction of sp³-hybridized carbons (Fsp3) is 0.556. The molecule has 1 saturated carbocycles. The molecule has 2 aromatic heterocycles. The van der Waals surface area contributed by atoms with E-state index in [9.17, 15) is 5.11 Å². The van der Waals surface area contributed by atoms with E-state index in [1.165, 1.54) is 37.6 Å². The second-order valence-corrected chi connectivity index (χ2v) is 6.32. The zero-order valence-electron chi connectivity index (χ0n) is 13.7. The topological polar surface area (TPSA) is 60.2 Å². The lowest BCUT2D eigenvalue weighted by atomic mass is 9.78. The van der Waals surface area contributed by atoms with E-state index in [2.05, 4.69) is 27.8 Å². The quantitative estimate of drug-likeness (QED) is 0.882. The van der Waals surface area contributed by atoms with Gasteiger partial charge >= 0.3 is 0 Å². The SMILES string of the molecule is CCCn1nccc1C1CCCCC1COc1cncc(O)c1. The summed E-state index contributed by atoms with van der Waals surface area (Å²) in [5.74, 6) is 1.77. The van der Waals surface area contributed by atoms with Crippen molar-refractivity contribution in [3.05, 3.63) is 36.4 Å². The van der Waals surface area contributed by atoms with Crippen LogP contribution >= 0.6 is 0 Å². The summed E-state index contributed by atoms with van der Waals surface area (Å²) < 4.78 is 8.05. The predicted molar refractivity (Wildman–Crippen MR) is 88.6 cm³/mol. The number of aromatic hydroxyl groups is 1. The molecule has 0 aliphatic heterocycles. The normalized spacial score (nSPS) is 21.3. The molecule has 124 valence electrons. The fourth-order valence-corrected chi connectivity index (χ4v) is 3.54. The van der Waals surface area contributed by atoms with E-state index in [1.54, 1.807) is 12.3 Å². The monoisotopic (exact) mass is 315 g/mol. The van der Waals surface area contributed by atoms with E-state index in [1.807, 2.05) is 6.20 Å². The van der Waals surface area contributed by atoms with E-state index < -0.39 is 0 Å². The highest BCUT2D eigenvalue weighted by molar-refractivity contribution is 5.26. The molecule has 0 amide bonds. The zero-order valence-corrected chi connectivity index (χ0v) is 13.7. The molecule has 2 unspecified atom stereocenters. The van der Waals surface area contributed by atoms with Gasteiger partial charge in [-0.25, -0.2) is 0 Å². The van der Waals surface area contributed by atoms with Gasteiger partial charge in [-0.1, -0.05) is 19.8 Å². The smallest absolute Gasteiger partial charge is 0.141 e. The van der Waals surface area contributed by atoms with Gasteiger partial charge in [0, 0.05) is 36.3 Å². The Morgan fingerprint density at radius 3 is 3.00 bits per heavy atom. The van der Waals surface area contributed by atoms with Gasteiger partial charge < -0.3 is 9.84 Å². The molecular weight excluding hydrogens is 290 g/mol. The van der Waals surface area contributed by atoms with Crippen molar-refractivity contribution in [2.45, 2.75) is 51.5 Å². The molecule has 1 N–H and O–H groups in total. The van der Waals surface area contributed by atoms with Gasteiger partial charge in [-0.15, -0.1) is 0 Å². The van der Waals surface area contributed by atoms with Gasteiger partial charge in [0.05, 0.1) is 19.0 Å². The van der Waals surface area contributed by atoms with Crippen molar-refractivity contribution in [3.63, 3.8) is 0 Å². The molecule has 1 fully saturated rings. The molecule has 2 heterocycles. The first-order chi connectivity index (χ1) is 11.3. The van der Waals surface area contributed by atoms with E-state index in [-0.39, 0.29) is 5.75 Å². The van der Waals surface area contributed by atoms with Crippen molar-refractivity contribution in [1.82, 2.24) is 14.8 Å². The number of ether oxygens (including phenoxy) is 1. The molecule has 1 aliphatic carbocycles. The lowest BCUT2D eigenvalue weighted by molar-refractivity contribution is 0.180. The highest BCUT2D eigenvalue weighted by Crippen LogP contribution is 2.38. The first-order valence-electron chi connectivity index (χ1n) is 8.56.